The molecule has 1 unspecified atom stereocenters. The first-order chi connectivity index (χ1) is 8.15. The Hall–Kier alpha value is -1.46. The summed E-state index contributed by atoms with van der Waals surface area (Å²) in [5.41, 5.74) is 0.947. The number of terminal acetylenes is 1. The molecule has 3 heteroatoms. The minimum Gasteiger partial charge on any atom is -0.352 e. The van der Waals surface area contributed by atoms with Gasteiger partial charge in [-0.05, 0) is 24.1 Å². The Morgan fingerprint density at radius 3 is 2.65 bits per heavy atom. The summed E-state index contributed by atoms with van der Waals surface area (Å²) in [6, 6.07) is 7.33. The van der Waals surface area contributed by atoms with Crippen molar-refractivity contribution in [3.05, 3.63) is 34.9 Å². The van der Waals surface area contributed by atoms with Crippen LogP contribution in [-0.4, -0.2) is 11.9 Å². The maximum atomic E-state index is 11.7. The maximum Gasteiger partial charge on any atom is 0.224 e. The van der Waals surface area contributed by atoms with E-state index in [1.807, 2.05) is 19.1 Å². The molecular formula is C14H16ClNO. The van der Waals surface area contributed by atoms with Gasteiger partial charge in [0.15, 0.2) is 0 Å². The highest BCUT2D eigenvalue weighted by Crippen LogP contribution is 2.10. The van der Waals surface area contributed by atoms with Gasteiger partial charge in [0.25, 0.3) is 0 Å². The van der Waals surface area contributed by atoms with E-state index >= 15 is 0 Å². The van der Waals surface area contributed by atoms with E-state index in [2.05, 4.69) is 11.2 Å². The number of hydrogen-bond donors (Lipinski definition) is 1. The lowest BCUT2D eigenvalue weighted by atomic mass is 10.1. The minimum atomic E-state index is -0.00516. The quantitative estimate of drug-likeness (QED) is 0.799. The van der Waals surface area contributed by atoms with E-state index in [1.54, 1.807) is 12.1 Å². The molecule has 0 spiro atoms. The summed E-state index contributed by atoms with van der Waals surface area (Å²) in [4.78, 5) is 11.7. The number of amides is 1. The third-order valence-corrected chi connectivity index (χ3v) is 2.75. The fourth-order valence-electron chi connectivity index (χ4n) is 1.51. The highest BCUT2D eigenvalue weighted by Gasteiger charge is 2.09. The first-order valence-electron chi connectivity index (χ1n) is 5.63. The monoisotopic (exact) mass is 249 g/mol. The number of benzene rings is 1. The molecule has 1 aromatic rings. The van der Waals surface area contributed by atoms with Crippen molar-refractivity contribution in [2.45, 2.75) is 32.2 Å². The number of rotatable bonds is 5. The van der Waals surface area contributed by atoms with E-state index in [-0.39, 0.29) is 11.9 Å². The number of hydrogen-bond acceptors (Lipinski definition) is 1. The van der Waals surface area contributed by atoms with Gasteiger partial charge in [-0.1, -0.05) is 30.7 Å². The average Bonchev–Trinajstić information content (AvgIpc) is 2.31. The van der Waals surface area contributed by atoms with Crippen LogP contribution in [0.25, 0.3) is 0 Å². The molecule has 90 valence electrons. The van der Waals surface area contributed by atoms with Crippen molar-refractivity contribution < 1.29 is 4.79 Å². The molecular weight excluding hydrogens is 234 g/mol. The summed E-state index contributed by atoms with van der Waals surface area (Å²) in [5, 5.41) is 3.59. The predicted molar refractivity (Wildman–Crippen MR) is 70.8 cm³/mol. The van der Waals surface area contributed by atoms with Crippen molar-refractivity contribution in [3.63, 3.8) is 0 Å². The molecule has 1 aromatic carbocycles. The molecule has 0 bridgehead atoms. The summed E-state index contributed by atoms with van der Waals surface area (Å²) in [6.07, 6.45) is 7.01. The Morgan fingerprint density at radius 2 is 2.12 bits per heavy atom. The molecule has 0 aliphatic carbocycles. The van der Waals surface area contributed by atoms with E-state index in [4.69, 9.17) is 18.0 Å². The zero-order chi connectivity index (χ0) is 12.7. The van der Waals surface area contributed by atoms with Crippen LogP contribution < -0.4 is 5.32 Å². The molecule has 0 aliphatic rings. The van der Waals surface area contributed by atoms with Crippen molar-refractivity contribution in [1.29, 1.82) is 0 Å². The van der Waals surface area contributed by atoms with E-state index in [0.29, 0.717) is 17.9 Å². The van der Waals surface area contributed by atoms with Crippen molar-refractivity contribution in [3.8, 4) is 12.3 Å². The molecule has 2 nitrogen and oxygen atoms in total. The first kappa shape index (κ1) is 13.6. The molecule has 0 fully saturated rings. The average molecular weight is 250 g/mol. The zero-order valence-corrected chi connectivity index (χ0v) is 10.6. The Labute approximate surface area is 107 Å². The van der Waals surface area contributed by atoms with Crippen LogP contribution >= 0.6 is 11.6 Å². The Morgan fingerprint density at radius 1 is 1.47 bits per heavy atom. The summed E-state index contributed by atoms with van der Waals surface area (Å²) < 4.78 is 0. The molecule has 1 amide bonds. The Balaban J connectivity index is 2.49. The second-order valence-corrected chi connectivity index (χ2v) is 4.32. The molecule has 1 rings (SSSR count). The number of carbonyl (C=O) groups is 1. The van der Waals surface area contributed by atoms with Gasteiger partial charge in [0.2, 0.25) is 5.91 Å². The van der Waals surface area contributed by atoms with Crippen LogP contribution in [0, 0.1) is 12.3 Å². The first-order valence-corrected chi connectivity index (χ1v) is 6.00. The van der Waals surface area contributed by atoms with Crippen LogP contribution in [0.4, 0.5) is 0 Å². The lowest BCUT2D eigenvalue weighted by Crippen LogP contribution is -2.35. The fourth-order valence-corrected chi connectivity index (χ4v) is 1.63. The van der Waals surface area contributed by atoms with Crippen molar-refractivity contribution in [2.24, 2.45) is 0 Å². The largest absolute Gasteiger partial charge is 0.352 e. The smallest absolute Gasteiger partial charge is 0.224 e. The molecule has 0 saturated carbocycles. The van der Waals surface area contributed by atoms with Gasteiger partial charge in [-0.3, -0.25) is 4.79 Å². The van der Waals surface area contributed by atoms with Crippen molar-refractivity contribution >= 4 is 17.5 Å². The summed E-state index contributed by atoms with van der Waals surface area (Å²) >= 11 is 5.77. The van der Waals surface area contributed by atoms with Crippen LogP contribution in [-0.2, 0) is 11.2 Å². The highest BCUT2D eigenvalue weighted by atomic mass is 35.5. The van der Waals surface area contributed by atoms with Crippen LogP contribution in [0.3, 0.4) is 0 Å². The van der Waals surface area contributed by atoms with Gasteiger partial charge in [-0.2, -0.15) is 0 Å². The predicted octanol–water partition coefficient (Wildman–Crippen LogP) is 2.80. The highest BCUT2D eigenvalue weighted by molar-refractivity contribution is 6.30. The number of carbonyl (C=O) groups excluding carboxylic acids is 1. The Kier molecular flexibility index (Phi) is 5.59. The standard InChI is InChI=1S/C14H16ClNO/c1-3-5-13(4-2)16-14(17)10-11-6-8-12(15)9-7-11/h1,6-9,13H,4-5,10H2,2H3,(H,16,17). The maximum absolute atomic E-state index is 11.7. The SMILES string of the molecule is C#CCC(CC)NC(=O)Cc1ccc(Cl)cc1. The zero-order valence-electron chi connectivity index (χ0n) is 9.87. The van der Waals surface area contributed by atoms with Crippen molar-refractivity contribution in [1.82, 2.24) is 5.32 Å². The lowest BCUT2D eigenvalue weighted by molar-refractivity contribution is -0.121. The molecule has 1 N–H and O–H groups in total. The minimum absolute atomic E-state index is 0.00516. The van der Waals surface area contributed by atoms with Gasteiger partial charge in [-0.25, -0.2) is 0 Å². The van der Waals surface area contributed by atoms with Gasteiger partial charge in [0, 0.05) is 17.5 Å². The van der Waals surface area contributed by atoms with Gasteiger partial charge in [0.1, 0.15) is 0 Å². The van der Waals surface area contributed by atoms with Crippen molar-refractivity contribution in [2.75, 3.05) is 0 Å². The second kappa shape index (κ2) is 6.98. The molecule has 1 atom stereocenters. The van der Waals surface area contributed by atoms with E-state index in [9.17, 15) is 4.79 Å². The normalized spacial score (nSPS) is 11.6. The molecule has 0 aromatic heterocycles. The molecule has 0 aliphatic heterocycles. The van der Waals surface area contributed by atoms with Crippen LogP contribution in [0.5, 0.6) is 0 Å². The Bertz CT molecular complexity index is 405. The topological polar surface area (TPSA) is 29.1 Å². The molecule has 0 radical (unpaired) electrons. The van der Waals surface area contributed by atoms with E-state index in [1.165, 1.54) is 0 Å². The van der Waals surface area contributed by atoms with Crippen LogP contribution in [0.2, 0.25) is 5.02 Å². The summed E-state index contributed by atoms with van der Waals surface area (Å²) in [5.74, 6) is 2.56. The lowest BCUT2D eigenvalue weighted by Gasteiger charge is -2.14. The fraction of sp³-hybridized carbons (Fsp3) is 0.357. The summed E-state index contributed by atoms with van der Waals surface area (Å²) in [6.45, 7) is 2.00. The third-order valence-electron chi connectivity index (χ3n) is 2.50. The number of halogens is 1. The second-order valence-electron chi connectivity index (χ2n) is 3.88. The molecule has 0 heterocycles. The summed E-state index contributed by atoms with van der Waals surface area (Å²) in [7, 11) is 0. The van der Waals surface area contributed by atoms with Gasteiger partial charge >= 0.3 is 0 Å². The number of nitrogens with one attached hydrogen (secondary N) is 1. The molecule has 0 saturated heterocycles. The van der Waals surface area contributed by atoms with Gasteiger partial charge in [-0.15, -0.1) is 12.3 Å². The molecule has 17 heavy (non-hydrogen) atoms. The third kappa shape index (κ3) is 4.93. The van der Waals surface area contributed by atoms with E-state index in [0.717, 1.165) is 12.0 Å². The van der Waals surface area contributed by atoms with Crippen LogP contribution in [0.1, 0.15) is 25.3 Å². The van der Waals surface area contributed by atoms with Gasteiger partial charge in [0.05, 0.1) is 6.42 Å². The van der Waals surface area contributed by atoms with Crippen LogP contribution in [0.15, 0.2) is 24.3 Å². The van der Waals surface area contributed by atoms with E-state index < -0.39 is 0 Å². The van der Waals surface area contributed by atoms with Gasteiger partial charge < -0.3 is 5.32 Å².